The summed E-state index contributed by atoms with van der Waals surface area (Å²) in [6, 6.07) is 0. The highest BCUT2D eigenvalue weighted by Crippen LogP contribution is 2.42. The summed E-state index contributed by atoms with van der Waals surface area (Å²) in [7, 11) is 0. The first-order valence-corrected chi connectivity index (χ1v) is 4.85. The molecule has 0 N–H and O–H groups in total. The normalized spacial score (nSPS) is 44.5. The fourth-order valence-corrected chi connectivity index (χ4v) is 2.37. The first-order chi connectivity index (χ1) is 6.09. The highest BCUT2D eigenvalue weighted by molar-refractivity contribution is 5.96. The van der Waals surface area contributed by atoms with Crippen molar-refractivity contribution >= 4 is 11.9 Å². The predicted molar refractivity (Wildman–Crippen MR) is 45.6 cm³/mol. The number of ether oxygens (including phenoxy) is 1. The van der Waals surface area contributed by atoms with Gasteiger partial charge in [0.05, 0.1) is 11.8 Å². The Hall–Kier alpha value is -0.860. The van der Waals surface area contributed by atoms with Crippen LogP contribution >= 0.6 is 0 Å². The molecule has 0 aromatic carbocycles. The number of rotatable bonds is 0. The number of esters is 2. The molecule has 1 aliphatic carbocycles. The molecule has 0 radical (unpaired) electrons. The second-order valence-corrected chi connectivity index (χ2v) is 4.38. The number of fused-ring (bicyclic) bond motifs is 1. The van der Waals surface area contributed by atoms with Gasteiger partial charge in [-0.15, -0.1) is 0 Å². The van der Waals surface area contributed by atoms with Crippen LogP contribution in [-0.2, 0) is 14.3 Å². The molecular formula is C10H14O3. The van der Waals surface area contributed by atoms with Gasteiger partial charge in [0.15, 0.2) is 0 Å². The van der Waals surface area contributed by atoms with Crippen molar-refractivity contribution in [3.63, 3.8) is 0 Å². The number of carbonyl (C=O) groups is 2. The Morgan fingerprint density at radius 2 is 1.38 bits per heavy atom. The van der Waals surface area contributed by atoms with Gasteiger partial charge in [0.25, 0.3) is 0 Å². The molecule has 0 bridgehead atoms. The molecule has 72 valence electrons. The largest absolute Gasteiger partial charge is 0.393 e. The molecule has 13 heavy (non-hydrogen) atoms. The van der Waals surface area contributed by atoms with Crippen LogP contribution in [0.4, 0.5) is 0 Å². The Balaban J connectivity index is 2.19. The van der Waals surface area contributed by atoms with Crippen LogP contribution in [0.25, 0.3) is 0 Å². The van der Waals surface area contributed by atoms with Crippen LogP contribution in [0.5, 0.6) is 0 Å². The Labute approximate surface area is 77.4 Å². The maximum absolute atomic E-state index is 11.2. The van der Waals surface area contributed by atoms with Crippen molar-refractivity contribution in [2.75, 3.05) is 0 Å². The zero-order valence-electron chi connectivity index (χ0n) is 7.95. The van der Waals surface area contributed by atoms with E-state index >= 15 is 0 Å². The van der Waals surface area contributed by atoms with Crippen LogP contribution in [0.3, 0.4) is 0 Å². The molecule has 0 spiro atoms. The van der Waals surface area contributed by atoms with Crippen LogP contribution in [0, 0.1) is 23.7 Å². The summed E-state index contributed by atoms with van der Waals surface area (Å²) >= 11 is 0. The molecule has 1 saturated heterocycles. The molecule has 4 unspecified atom stereocenters. The average molecular weight is 182 g/mol. The van der Waals surface area contributed by atoms with E-state index in [2.05, 4.69) is 18.6 Å². The fraction of sp³-hybridized carbons (Fsp3) is 0.800. The van der Waals surface area contributed by atoms with Gasteiger partial charge in [-0.3, -0.25) is 9.59 Å². The lowest BCUT2D eigenvalue weighted by Gasteiger charge is -2.30. The fourth-order valence-electron chi connectivity index (χ4n) is 2.37. The monoisotopic (exact) mass is 182 g/mol. The number of carbonyl (C=O) groups excluding carboxylic acids is 2. The molecular weight excluding hydrogens is 168 g/mol. The standard InChI is InChI=1S/C10H14O3/c1-5-3-7-8(4-6(5)2)10(12)13-9(7)11/h5-8H,3-4H2,1-2H3. The van der Waals surface area contributed by atoms with Crippen molar-refractivity contribution in [2.24, 2.45) is 23.7 Å². The summed E-state index contributed by atoms with van der Waals surface area (Å²) in [6.45, 7) is 4.27. The Kier molecular flexibility index (Phi) is 1.90. The minimum atomic E-state index is -0.297. The molecule has 2 rings (SSSR count). The maximum Gasteiger partial charge on any atom is 0.317 e. The van der Waals surface area contributed by atoms with Crippen molar-refractivity contribution in [1.29, 1.82) is 0 Å². The topological polar surface area (TPSA) is 43.4 Å². The van der Waals surface area contributed by atoms with E-state index < -0.39 is 0 Å². The molecule has 1 aliphatic heterocycles. The summed E-state index contributed by atoms with van der Waals surface area (Å²) < 4.78 is 4.63. The Morgan fingerprint density at radius 3 is 1.77 bits per heavy atom. The SMILES string of the molecule is CC1CC2C(=O)OC(=O)C2CC1C. The van der Waals surface area contributed by atoms with Crippen molar-refractivity contribution in [1.82, 2.24) is 0 Å². The smallest absolute Gasteiger partial charge is 0.317 e. The third-order valence-corrected chi connectivity index (χ3v) is 3.52. The van der Waals surface area contributed by atoms with Crippen molar-refractivity contribution < 1.29 is 14.3 Å². The molecule has 2 aliphatic rings. The van der Waals surface area contributed by atoms with Gasteiger partial charge >= 0.3 is 11.9 Å². The van der Waals surface area contributed by atoms with E-state index in [1.54, 1.807) is 0 Å². The van der Waals surface area contributed by atoms with Crippen molar-refractivity contribution in [3.05, 3.63) is 0 Å². The first-order valence-electron chi connectivity index (χ1n) is 4.85. The van der Waals surface area contributed by atoms with Crippen molar-refractivity contribution in [2.45, 2.75) is 26.7 Å². The van der Waals surface area contributed by atoms with Gasteiger partial charge in [0.2, 0.25) is 0 Å². The molecule has 3 heteroatoms. The molecule has 4 atom stereocenters. The van der Waals surface area contributed by atoms with E-state index in [4.69, 9.17) is 0 Å². The molecule has 1 saturated carbocycles. The van der Waals surface area contributed by atoms with Gasteiger partial charge in [-0.1, -0.05) is 13.8 Å². The van der Waals surface area contributed by atoms with Gasteiger partial charge in [0.1, 0.15) is 0 Å². The second-order valence-electron chi connectivity index (χ2n) is 4.38. The van der Waals surface area contributed by atoms with Crippen LogP contribution in [-0.4, -0.2) is 11.9 Å². The zero-order chi connectivity index (χ0) is 9.59. The summed E-state index contributed by atoms with van der Waals surface area (Å²) in [6.07, 6.45) is 1.63. The van der Waals surface area contributed by atoms with Gasteiger partial charge in [0, 0.05) is 0 Å². The zero-order valence-corrected chi connectivity index (χ0v) is 7.95. The lowest BCUT2D eigenvalue weighted by atomic mass is 9.70. The molecule has 1 heterocycles. The minimum Gasteiger partial charge on any atom is -0.393 e. The van der Waals surface area contributed by atoms with Crippen molar-refractivity contribution in [3.8, 4) is 0 Å². The summed E-state index contributed by atoms with van der Waals surface area (Å²) in [5, 5.41) is 0. The molecule has 0 aromatic heterocycles. The molecule has 3 nitrogen and oxygen atoms in total. The highest BCUT2D eigenvalue weighted by atomic mass is 16.6. The van der Waals surface area contributed by atoms with E-state index in [0.717, 1.165) is 12.8 Å². The Morgan fingerprint density at radius 1 is 1.00 bits per heavy atom. The van der Waals surface area contributed by atoms with Crippen LogP contribution in [0.1, 0.15) is 26.7 Å². The van der Waals surface area contributed by atoms with Crippen LogP contribution in [0.15, 0.2) is 0 Å². The van der Waals surface area contributed by atoms with E-state index in [-0.39, 0.29) is 23.8 Å². The first kappa shape index (κ1) is 8.73. The summed E-state index contributed by atoms with van der Waals surface area (Å²) in [4.78, 5) is 22.5. The number of cyclic esters (lactones) is 2. The third kappa shape index (κ3) is 1.26. The second kappa shape index (κ2) is 2.82. The maximum atomic E-state index is 11.2. The third-order valence-electron chi connectivity index (χ3n) is 3.52. The van der Waals surface area contributed by atoms with Gasteiger partial charge in [-0.05, 0) is 24.7 Å². The molecule has 0 aromatic rings. The number of hydrogen-bond donors (Lipinski definition) is 0. The lowest BCUT2D eigenvalue weighted by Crippen LogP contribution is -2.30. The van der Waals surface area contributed by atoms with E-state index in [0.29, 0.717) is 11.8 Å². The quantitative estimate of drug-likeness (QED) is 0.419. The predicted octanol–water partition coefficient (Wildman–Crippen LogP) is 1.37. The highest BCUT2D eigenvalue weighted by Gasteiger charge is 2.48. The molecule has 2 fully saturated rings. The van der Waals surface area contributed by atoms with Crippen LogP contribution < -0.4 is 0 Å². The van der Waals surface area contributed by atoms with Gasteiger partial charge in [-0.2, -0.15) is 0 Å². The van der Waals surface area contributed by atoms with E-state index in [1.165, 1.54) is 0 Å². The Bertz CT molecular complexity index is 233. The van der Waals surface area contributed by atoms with E-state index in [1.807, 2.05) is 0 Å². The van der Waals surface area contributed by atoms with E-state index in [9.17, 15) is 9.59 Å². The van der Waals surface area contributed by atoms with Gasteiger partial charge < -0.3 is 4.74 Å². The molecule has 0 amide bonds. The summed E-state index contributed by atoms with van der Waals surface area (Å²) in [5.74, 6) is 0.180. The minimum absolute atomic E-state index is 0.140. The number of hydrogen-bond acceptors (Lipinski definition) is 3. The lowest BCUT2D eigenvalue weighted by molar-refractivity contribution is -0.153. The summed E-state index contributed by atoms with van der Waals surface area (Å²) in [5.41, 5.74) is 0. The van der Waals surface area contributed by atoms with Gasteiger partial charge in [-0.25, -0.2) is 0 Å². The average Bonchev–Trinajstić information content (AvgIpc) is 2.31. The van der Waals surface area contributed by atoms with Crippen LogP contribution in [0.2, 0.25) is 0 Å².